The average Bonchev–Trinajstić information content (AvgIpc) is 2.87. The second-order valence-corrected chi connectivity index (χ2v) is 6.44. The van der Waals surface area contributed by atoms with Crippen molar-refractivity contribution in [2.75, 3.05) is 20.1 Å². The average molecular weight is 317 g/mol. The number of rotatable bonds is 1. The molecule has 1 aliphatic heterocycles. The number of hydrogen-bond donors (Lipinski definition) is 1. The molecule has 0 bridgehead atoms. The topological polar surface area (TPSA) is 53.4 Å². The standard InChI is InChI=1S/C16H17ClN4O/c1-20-7-5-10(6-8-20)13-9-14(22)18-16-15-11(17)3-2-4-12(15)19-21(13)16/h2-4,9-10H,5-8H2,1H3,(H,18,22). The molecule has 5 nitrogen and oxygen atoms in total. The highest BCUT2D eigenvalue weighted by Crippen LogP contribution is 2.30. The molecule has 2 aromatic heterocycles. The molecular weight excluding hydrogens is 300 g/mol. The lowest BCUT2D eigenvalue weighted by atomic mass is 9.93. The fourth-order valence-electron chi connectivity index (χ4n) is 3.34. The molecule has 6 heteroatoms. The normalized spacial score (nSPS) is 17.5. The molecule has 114 valence electrons. The Morgan fingerprint density at radius 3 is 2.86 bits per heavy atom. The summed E-state index contributed by atoms with van der Waals surface area (Å²) in [6.07, 6.45) is 2.08. The van der Waals surface area contributed by atoms with Gasteiger partial charge in [0.05, 0.1) is 21.6 Å². The lowest BCUT2D eigenvalue weighted by Gasteiger charge is -2.29. The summed E-state index contributed by atoms with van der Waals surface area (Å²) < 4.78 is 1.87. The number of H-pyrrole nitrogens is 1. The molecule has 3 aromatic rings. The van der Waals surface area contributed by atoms with Crippen molar-refractivity contribution in [1.29, 1.82) is 0 Å². The van der Waals surface area contributed by atoms with E-state index in [1.165, 1.54) is 0 Å². The first-order valence-corrected chi connectivity index (χ1v) is 7.90. The van der Waals surface area contributed by atoms with Gasteiger partial charge in [-0.1, -0.05) is 17.7 Å². The fourth-order valence-corrected chi connectivity index (χ4v) is 3.60. The molecule has 0 radical (unpaired) electrons. The summed E-state index contributed by atoms with van der Waals surface area (Å²) in [6, 6.07) is 7.31. The zero-order valence-electron chi connectivity index (χ0n) is 12.3. The number of nitrogens with one attached hydrogen (secondary N) is 1. The second kappa shape index (κ2) is 5.11. The Bertz CT molecular complexity index is 906. The third kappa shape index (κ3) is 2.12. The van der Waals surface area contributed by atoms with Gasteiger partial charge in [0.15, 0.2) is 0 Å². The van der Waals surface area contributed by atoms with E-state index >= 15 is 0 Å². The molecule has 3 heterocycles. The van der Waals surface area contributed by atoms with Gasteiger partial charge in [-0.05, 0) is 45.1 Å². The van der Waals surface area contributed by atoms with Gasteiger partial charge in [-0.3, -0.25) is 4.79 Å². The van der Waals surface area contributed by atoms with E-state index in [9.17, 15) is 4.79 Å². The van der Waals surface area contributed by atoms with Gasteiger partial charge < -0.3 is 9.88 Å². The van der Waals surface area contributed by atoms with Crippen molar-refractivity contribution >= 4 is 28.2 Å². The molecule has 1 N–H and O–H groups in total. The minimum absolute atomic E-state index is 0.0943. The highest BCUT2D eigenvalue weighted by molar-refractivity contribution is 6.36. The first-order valence-electron chi connectivity index (χ1n) is 7.52. The number of aromatic nitrogens is 3. The number of aromatic amines is 1. The van der Waals surface area contributed by atoms with Crippen LogP contribution < -0.4 is 5.56 Å². The molecule has 1 aromatic carbocycles. The molecule has 1 aliphatic rings. The van der Waals surface area contributed by atoms with Crippen molar-refractivity contribution in [3.8, 4) is 0 Å². The molecule has 0 atom stereocenters. The molecule has 0 aliphatic carbocycles. The summed E-state index contributed by atoms with van der Waals surface area (Å²) in [7, 11) is 2.13. The Morgan fingerprint density at radius 2 is 2.09 bits per heavy atom. The van der Waals surface area contributed by atoms with E-state index < -0.39 is 0 Å². The van der Waals surface area contributed by atoms with Gasteiger partial charge in [-0.2, -0.15) is 5.10 Å². The Hall–Kier alpha value is -1.85. The maximum absolute atomic E-state index is 12.1. The first-order chi connectivity index (χ1) is 10.6. The number of hydrogen-bond acceptors (Lipinski definition) is 3. The van der Waals surface area contributed by atoms with Crippen LogP contribution in [0.5, 0.6) is 0 Å². The van der Waals surface area contributed by atoms with Gasteiger partial charge in [-0.25, -0.2) is 4.52 Å². The van der Waals surface area contributed by atoms with Crippen molar-refractivity contribution in [3.63, 3.8) is 0 Å². The molecule has 4 rings (SSSR count). The summed E-state index contributed by atoms with van der Waals surface area (Å²) in [5, 5.41) is 6.09. The van der Waals surface area contributed by atoms with Gasteiger partial charge in [-0.15, -0.1) is 0 Å². The molecule has 1 fully saturated rings. The van der Waals surface area contributed by atoms with Crippen molar-refractivity contribution < 1.29 is 0 Å². The summed E-state index contributed by atoms with van der Waals surface area (Å²) in [6.45, 7) is 2.08. The number of likely N-dealkylation sites (tertiary alicyclic amines) is 1. The van der Waals surface area contributed by atoms with Gasteiger partial charge in [0, 0.05) is 12.0 Å². The molecular formula is C16H17ClN4O. The van der Waals surface area contributed by atoms with Crippen LogP contribution in [-0.4, -0.2) is 39.6 Å². The fraction of sp³-hybridized carbons (Fsp3) is 0.375. The number of benzene rings is 1. The molecule has 0 spiro atoms. The number of halogens is 1. The number of fused-ring (bicyclic) bond motifs is 3. The quantitative estimate of drug-likeness (QED) is 0.751. The van der Waals surface area contributed by atoms with E-state index in [2.05, 4.69) is 22.0 Å². The molecule has 1 saturated heterocycles. The Morgan fingerprint density at radius 1 is 1.32 bits per heavy atom. The van der Waals surface area contributed by atoms with Crippen molar-refractivity contribution in [2.24, 2.45) is 0 Å². The van der Waals surface area contributed by atoms with E-state index in [0.29, 0.717) is 16.6 Å². The van der Waals surface area contributed by atoms with E-state index in [-0.39, 0.29) is 5.56 Å². The third-order valence-electron chi connectivity index (χ3n) is 4.55. The van der Waals surface area contributed by atoms with Gasteiger partial charge in [0.1, 0.15) is 5.65 Å². The molecule has 0 amide bonds. The third-order valence-corrected chi connectivity index (χ3v) is 4.86. The van der Waals surface area contributed by atoms with Crippen molar-refractivity contribution in [1.82, 2.24) is 19.5 Å². The monoisotopic (exact) mass is 316 g/mol. The van der Waals surface area contributed by atoms with Crippen LogP contribution in [0, 0.1) is 0 Å². The summed E-state index contributed by atoms with van der Waals surface area (Å²) >= 11 is 6.30. The Balaban J connectivity index is 1.97. The minimum atomic E-state index is -0.0943. The highest BCUT2D eigenvalue weighted by Gasteiger charge is 2.23. The van der Waals surface area contributed by atoms with Crippen LogP contribution in [0.3, 0.4) is 0 Å². The zero-order valence-corrected chi connectivity index (χ0v) is 13.1. The van der Waals surface area contributed by atoms with E-state index in [1.54, 1.807) is 6.07 Å². The van der Waals surface area contributed by atoms with E-state index in [0.717, 1.165) is 42.5 Å². The molecule has 22 heavy (non-hydrogen) atoms. The summed E-state index contributed by atoms with van der Waals surface area (Å²) in [5.74, 6) is 0.356. The van der Waals surface area contributed by atoms with Crippen LogP contribution >= 0.6 is 11.6 Å². The Kier molecular flexibility index (Phi) is 3.20. The molecule has 0 unspecified atom stereocenters. The smallest absolute Gasteiger partial charge is 0.251 e. The largest absolute Gasteiger partial charge is 0.306 e. The molecule has 0 saturated carbocycles. The van der Waals surface area contributed by atoms with Crippen LogP contribution in [0.15, 0.2) is 29.1 Å². The van der Waals surface area contributed by atoms with Crippen LogP contribution in [-0.2, 0) is 0 Å². The van der Waals surface area contributed by atoms with Crippen LogP contribution in [0.1, 0.15) is 24.5 Å². The van der Waals surface area contributed by atoms with E-state index in [1.807, 2.05) is 22.7 Å². The van der Waals surface area contributed by atoms with E-state index in [4.69, 9.17) is 11.6 Å². The predicted octanol–water partition coefficient (Wildman–Crippen LogP) is 2.64. The number of nitrogens with zero attached hydrogens (tertiary/aromatic N) is 3. The first kappa shape index (κ1) is 13.8. The summed E-state index contributed by atoms with van der Waals surface area (Å²) in [4.78, 5) is 17.3. The Labute approximate surface area is 132 Å². The highest BCUT2D eigenvalue weighted by atomic mass is 35.5. The van der Waals surface area contributed by atoms with Crippen LogP contribution in [0.25, 0.3) is 16.6 Å². The predicted molar refractivity (Wildman–Crippen MR) is 87.8 cm³/mol. The van der Waals surface area contributed by atoms with Gasteiger partial charge >= 0.3 is 0 Å². The van der Waals surface area contributed by atoms with Gasteiger partial charge in [0.25, 0.3) is 5.56 Å². The lowest BCUT2D eigenvalue weighted by molar-refractivity contribution is 0.252. The maximum Gasteiger partial charge on any atom is 0.251 e. The SMILES string of the molecule is CN1CCC(c2cc(=O)[nH]c3c4c(Cl)cccc4nn23)CC1. The van der Waals surface area contributed by atoms with Gasteiger partial charge in [0.2, 0.25) is 0 Å². The second-order valence-electron chi connectivity index (χ2n) is 6.03. The number of piperidine rings is 1. The summed E-state index contributed by atoms with van der Waals surface area (Å²) in [5.41, 5.74) is 2.40. The lowest BCUT2D eigenvalue weighted by Crippen LogP contribution is -2.30. The van der Waals surface area contributed by atoms with Crippen molar-refractivity contribution in [3.05, 3.63) is 45.3 Å². The van der Waals surface area contributed by atoms with Crippen LogP contribution in [0.2, 0.25) is 5.02 Å². The zero-order chi connectivity index (χ0) is 15.3. The maximum atomic E-state index is 12.1. The van der Waals surface area contributed by atoms with Crippen LogP contribution in [0.4, 0.5) is 0 Å². The van der Waals surface area contributed by atoms with Crippen molar-refractivity contribution in [2.45, 2.75) is 18.8 Å². The minimum Gasteiger partial charge on any atom is -0.306 e.